The van der Waals surface area contributed by atoms with E-state index in [2.05, 4.69) is 39.9 Å². The average Bonchev–Trinajstić information content (AvgIpc) is 2.45. The molecule has 0 spiro atoms. The maximum Gasteiger partial charge on any atom is 0.317 e. The van der Waals surface area contributed by atoms with E-state index in [0.717, 1.165) is 38.9 Å². The lowest BCUT2D eigenvalue weighted by Crippen LogP contribution is -2.55. The Morgan fingerprint density at radius 2 is 1.71 bits per heavy atom. The summed E-state index contributed by atoms with van der Waals surface area (Å²) in [6, 6.07) is -0.0405. The van der Waals surface area contributed by atoms with Gasteiger partial charge in [-0.1, -0.05) is 20.8 Å². The molecule has 0 saturated carbocycles. The lowest BCUT2D eigenvalue weighted by Gasteiger charge is -2.38. The van der Waals surface area contributed by atoms with E-state index >= 15 is 0 Å². The molecule has 0 aromatic carbocycles. The van der Waals surface area contributed by atoms with Gasteiger partial charge >= 0.3 is 6.03 Å². The van der Waals surface area contributed by atoms with Crippen molar-refractivity contribution in [3.05, 3.63) is 0 Å². The summed E-state index contributed by atoms with van der Waals surface area (Å²) in [6.45, 7) is 17.4. The smallest absolute Gasteiger partial charge is 0.317 e. The van der Waals surface area contributed by atoms with E-state index in [1.165, 1.54) is 0 Å². The molecule has 1 aliphatic heterocycles. The summed E-state index contributed by atoms with van der Waals surface area (Å²) < 4.78 is 0. The first-order chi connectivity index (χ1) is 11.0. The molecule has 0 aliphatic carbocycles. The van der Waals surface area contributed by atoms with E-state index in [9.17, 15) is 9.59 Å². The van der Waals surface area contributed by atoms with Crippen LogP contribution in [0.3, 0.4) is 0 Å². The van der Waals surface area contributed by atoms with E-state index in [0.29, 0.717) is 6.54 Å². The highest BCUT2D eigenvalue weighted by atomic mass is 16.2. The summed E-state index contributed by atoms with van der Waals surface area (Å²) in [5.74, 6) is 0.126. The molecule has 1 rings (SSSR count). The van der Waals surface area contributed by atoms with Crippen LogP contribution in [0.25, 0.3) is 0 Å². The summed E-state index contributed by atoms with van der Waals surface area (Å²) in [4.78, 5) is 28.9. The quantitative estimate of drug-likeness (QED) is 0.833. The topological polar surface area (TPSA) is 52.7 Å². The lowest BCUT2D eigenvalue weighted by atomic mass is 9.82. The van der Waals surface area contributed by atoms with Crippen molar-refractivity contribution in [1.82, 2.24) is 15.1 Å². The normalized spacial score (nSPS) is 19.1. The summed E-state index contributed by atoms with van der Waals surface area (Å²) in [6.07, 6.45) is 2.68. The van der Waals surface area contributed by atoms with Crippen molar-refractivity contribution >= 4 is 11.9 Å². The predicted octanol–water partition coefficient (Wildman–Crippen LogP) is 3.49. The van der Waals surface area contributed by atoms with Crippen LogP contribution < -0.4 is 5.32 Å². The maximum atomic E-state index is 12.7. The minimum atomic E-state index is -0.259. The molecular weight excluding hydrogens is 302 g/mol. The van der Waals surface area contributed by atoms with Crippen molar-refractivity contribution in [2.75, 3.05) is 26.2 Å². The van der Waals surface area contributed by atoms with Crippen molar-refractivity contribution in [2.45, 2.75) is 73.3 Å². The second-order valence-corrected chi connectivity index (χ2v) is 8.85. The van der Waals surface area contributed by atoms with Gasteiger partial charge in [-0.15, -0.1) is 0 Å². The highest BCUT2D eigenvalue weighted by Gasteiger charge is 2.33. The van der Waals surface area contributed by atoms with Crippen LogP contribution in [0.1, 0.15) is 67.7 Å². The number of amides is 3. The van der Waals surface area contributed by atoms with Gasteiger partial charge in [0, 0.05) is 31.7 Å². The molecule has 1 heterocycles. The summed E-state index contributed by atoms with van der Waals surface area (Å²) in [7, 11) is 0. The van der Waals surface area contributed by atoms with Crippen LogP contribution in [0.4, 0.5) is 4.79 Å². The molecule has 24 heavy (non-hydrogen) atoms. The van der Waals surface area contributed by atoms with E-state index in [-0.39, 0.29) is 28.8 Å². The Kier molecular flexibility index (Phi) is 7.11. The fourth-order valence-electron chi connectivity index (χ4n) is 3.90. The number of hydrogen-bond donors (Lipinski definition) is 1. The molecule has 1 aliphatic rings. The van der Waals surface area contributed by atoms with E-state index in [1.54, 1.807) is 0 Å². The van der Waals surface area contributed by atoms with Crippen molar-refractivity contribution in [3.8, 4) is 0 Å². The molecule has 140 valence electrons. The largest absolute Gasteiger partial charge is 0.343 e. The Hall–Kier alpha value is -1.26. The summed E-state index contributed by atoms with van der Waals surface area (Å²) in [5.41, 5.74) is -0.106. The van der Waals surface area contributed by atoms with Gasteiger partial charge in [-0.05, 0) is 52.4 Å². The average molecular weight is 340 g/mol. The zero-order valence-electron chi connectivity index (χ0n) is 16.7. The van der Waals surface area contributed by atoms with Gasteiger partial charge in [0.1, 0.15) is 0 Å². The fourth-order valence-corrected chi connectivity index (χ4v) is 3.90. The minimum Gasteiger partial charge on any atom is -0.343 e. The number of likely N-dealkylation sites (tertiary alicyclic amines) is 1. The third kappa shape index (κ3) is 6.33. The number of carbonyl (C=O) groups excluding carboxylic acids is 2. The number of urea groups is 1. The van der Waals surface area contributed by atoms with Gasteiger partial charge in [0.2, 0.25) is 5.91 Å². The monoisotopic (exact) mass is 339 g/mol. The SMILES string of the molecule is CCN(CC)C(=O)C1CCCN(C(=O)NC(C)(C)CC(C)(C)C)C1. The van der Waals surface area contributed by atoms with Gasteiger partial charge in [-0.2, -0.15) is 0 Å². The minimum absolute atomic E-state index is 0.0405. The third-order valence-corrected chi connectivity index (χ3v) is 4.55. The van der Waals surface area contributed by atoms with Crippen molar-refractivity contribution in [2.24, 2.45) is 11.3 Å². The molecule has 0 aromatic heterocycles. The van der Waals surface area contributed by atoms with Gasteiger partial charge in [0.05, 0.1) is 5.92 Å². The highest BCUT2D eigenvalue weighted by molar-refractivity contribution is 5.81. The van der Waals surface area contributed by atoms with Crippen LogP contribution in [0.5, 0.6) is 0 Å². The Balaban J connectivity index is 2.67. The van der Waals surface area contributed by atoms with Gasteiger partial charge in [-0.3, -0.25) is 4.79 Å². The third-order valence-electron chi connectivity index (χ3n) is 4.55. The molecule has 1 saturated heterocycles. The maximum absolute atomic E-state index is 12.7. The first kappa shape index (κ1) is 20.8. The second-order valence-electron chi connectivity index (χ2n) is 8.85. The van der Waals surface area contributed by atoms with Gasteiger partial charge in [0.25, 0.3) is 0 Å². The van der Waals surface area contributed by atoms with Crippen molar-refractivity contribution < 1.29 is 9.59 Å². The number of carbonyl (C=O) groups is 2. The molecule has 1 unspecified atom stereocenters. The summed E-state index contributed by atoms with van der Waals surface area (Å²) in [5, 5.41) is 3.16. The molecular formula is C19H37N3O2. The fraction of sp³-hybridized carbons (Fsp3) is 0.895. The molecule has 1 fully saturated rings. The number of nitrogens with zero attached hydrogens (tertiary/aromatic N) is 2. The molecule has 5 heteroatoms. The standard InChI is InChI=1S/C19H37N3O2/c1-8-21(9-2)16(23)15-11-10-12-22(13-15)17(24)20-19(6,7)14-18(3,4)5/h15H,8-14H2,1-7H3,(H,20,24). The summed E-state index contributed by atoms with van der Waals surface area (Å²) >= 11 is 0. The Morgan fingerprint density at radius 1 is 1.12 bits per heavy atom. The van der Waals surface area contributed by atoms with Crippen LogP contribution in [0.15, 0.2) is 0 Å². The number of hydrogen-bond acceptors (Lipinski definition) is 2. The molecule has 1 N–H and O–H groups in total. The molecule has 5 nitrogen and oxygen atoms in total. The Labute approximate surface area is 148 Å². The second kappa shape index (κ2) is 8.21. The number of piperidine rings is 1. The number of nitrogens with one attached hydrogen (secondary N) is 1. The van der Waals surface area contributed by atoms with E-state index < -0.39 is 0 Å². The van der Waals surface area contributed by atoms with Crippen LogP contribution in [-0.2, 0) is 4.79 Å². The lowest BCUT2D eigenvalue weighted by molar-refractivity contribution is -0.136. The zero-order valence-corrected chi connectivity index (χ0v) is 16.7. The van der Waals surface area contributed by atoms with Crippen LogP contribution in [-0.4, -0.2) is 53.5 Å². The molecule has 1 atom stereocenters. The molecule has 3 amide bonds. The van der Waals surface area contributed by atoms with Gasteiger partial charge in [0.15, 0.2) is 0 Å². The van der Waals surface area contributed by atoms with Gasteiger partial charge in [-0.25, -0.2) is 4.79 Å². The highest BCUT2D eigenvalue weighted by Crippen LogP contribution is 2.27. The van der Waals surface area contributed by atoms with E-state index in [1.807, 2.05) is 23.6 Å². The van der Waals surface area contributed by atoms with Crippen molar-refractivity contribution in [3.63, 3.8) is 0 Å². The van der Waals surface area contributed by atoms with Crippen LogP contribution in [0.2, 0.25) is 0 Å². The molecule has 0 radical (unpaired) electrons. The number of rotatable bonds is 5. The van der Waals surface area contributed by atoms with Crippen LogP contribution >= 0.6 is 0 Å². The first-order valence-electron chi connectivity index (χ1n) is 9.35. The van der Waals surface area contributed by atoms with Crippen LogP contribution in [0, 0.1) is 11.3 Å². The molecule has 0 aromatic rings. The Bertz CT molecular complexity index is 436. The van der Waals surface area contributed by atoms with Gasteiger partial charge < -0.3 is 15.1 Å². The Morgan fingerprint density at radius 3 is 2.21 bits per heavy atom. The van der Waals surface area contributed by atoms with E-state index in [4.69, 9.17) is 0 Å². The van der Waals surface area contributed by atoms with Crippen molar-refractivity contribution in [1.29, 1.82) is 0 Å². The zero-order chi connectivity index (χ0) is 18.5. The molecule has 0 bridgehead atoms. The predicted molar refractivity (Wildman–Crippen MR) is 98.9 cm³/mol. The first-order valence-corrected chi connectivity index (χ1v) is 9.35.